The van der Waals surface area contributed by atoms with Gasteiger partial charge < -0.3 is 4.90 Å². The zero-order valence-electron chi connectivity index (χ0n) is 15.5. The molecule has 0 saturated carbocycles. The zero-order chi connectivity index (χ0) is 21.1. The van der Waals surface area contributed by atoms with Crippen LogP contribution in [0.25, 0.3) is 15.9 Å². The van der Waals surface area contributed by atoms with Gasteiger partial charge in [-0.3, -0.25) is 14.2 Å². The van der Waals surface area contributed by atoms with Gasteiger partial charge in [0, 0.05) is 25.4 Å². The van der Waals surface area contributed by atoms with E-state index in [1.807, 2.05) is 0 Å². The Morgan fingerprint density at radius 2 is 1.86 bits per heavy atom. The molecule has 10 heteroatoms. The summed E-state index contributed by atoms with van der Waals surface area (Å²) in [4.78, 5) is 40.6. The van der Waals surface area contributed by atoms with Crippen molar-refractivity contribution in [3.05, 3.63) is 61.1 Å². The number of nitrogens with zero attached hydrogens (tertiary/aromatic N) is 3. The summed E-state index contributed by atoms with van der Waals surface area (Å²) >= 11 is 1.22. The Hall–Kier alpha value is -2.88. The van der Waals surface area contributed by atoms with Crippen molar-refractivity contribution in [1.29, 1.82) is 0 Å². The molecule has 0 bridgehead atoms. The molecule has 152 valence electrons. The Morgan fingerprint density at radius 3 is 2.52 bits per heavy atom. The minimum Gasteiger partial charge on any atom is -0.337 e. The van der Waals surface area contributed by atoms with E-state index >= 15 is 0 Å². The van der Waals surface area contributed by atoms with Crippen molar-refractivity contribution in [3.63, 3.8) is 0 Å². The molecule has 3 heterocycles. The lowest BCUT2D eigenvalue weighted by Gasteiger charge is -2.25. The summed E-state index contributed by atoms with van der Waals surface area (Å²) in [6.45, 7) is 2.18. The smallest absolute Gasteiger partial charge is 0.337 e. The predicted molar refractivity (Wildman–Crippen MR) is 102 cm³/mol. The number of aryl methyl sites for hydroxylation is 1. The summed E-state index contributed by atoms with van der Waals surface area (Å²) in [7, 11) is 1.43. The minimum atomic E-state index is -4.72. The summed E-state index contributed by atoms with van der Waals surface area (Å²) in [5.41, 5.74) is -2.46. The van der Waals surface area contributed by atoms with Crippen molar-refractivity contribution < 1.29 is 18.0 Å². The maximum Gasteiger partial charge on any atom is 0.418 e. The third-order valence-corrected chi connectivity index (χ3v) is 6.43. The van der Waals surface area contributed by atoms with Gasteiger partial charge in [-0.1, -0.05) is 12.1 Å². The van der Waals surface area contributed by atoms with E-state index in [9.17, 15) is 27.6 Å². The van der Waals surface area contributed by atoms with Crippen LogP contribution in [-0.4, -0.2) is 26.5 Å². The van der Waals surface area contributed by atoms with Gasteiger partial charge in [0.1, 0.15) is 4.83 Å². The Labute approximate surface area is 166 Å². The van der Waals surface area contributed by atoms with Crippen LogP contribution in [0.5, 0.6) is 0 Å². The highest BCUT2D eigenvalue weighted by atomic mass is 32.1. The molecular formula is C19H16F3N3O3S. The second-order valence-corrected chi connectivity index (χ2v) is 7.96. The number of benzene rings is 1. The van der Waals surface area contributed by atoms with Crippen molar-refractivity contribution in [2.75, 3.05) is 6.54 Å². The zero-order valence-corrected chi connectivity index (χ0v) is 16.4. The van der Waals surface area contributed by atoms with Crippen LogP contribution in [0.4, 0.5) is 13.2 Å². The predicted octanol–water partition coefficient (Wildman–Crippen LogP) is 2.67. The van der Waals surface area contributed by atoms with Gasteiger partial charge in [0.05, 0.1) is 23.2 Å². The number of carbonyl (C=O) groups is 1. The van der Waals surface area contributed by atoms with E-state index in [4.69, 9.17) is 0 Å². The maximum atomic E-state index is 13.5. The first-order chi connectivity index (χ1) is 13.6. The highest BCUT2D eigenvalue weighted by Crippen LogP contribution is 2.35. The van der Waals surface area contributed by atoms with Gasteiger partial charge in [-0.15, -0.1) is 11.3 Å². The lowest BCUT2D eigenvalue weighted by molar-refractivity contribution is -0.137. The van der Waals surface area contributed by atoms with Crippen molar-refractivity contribution in [1.82, 2.24) is 14.0 Å². The van der Waals surface area contributed by atoms with Gasteiger partial charge >= 0.3 is 11.9 Å². The monoisotopic (exact) mass is 423 g/mol. The Morgan fingerprint density at radius 1 is 1.17 bits per heavy atom. The van der Waals surface area contributed by atoms with Gasteiger partial charge in [-0.25, -0.2) is 9.36 Å². The van der Waals surface area contributed by atoms with Crippen molar-refractivity contribution >= 4 is 27.5 Å². The number of aromatic nitrogens is 2. The summed E-state index contributed by atoms with van der Waals surface area (Å²) in [6, 6.07) is 4.53. The van der Waals surface area contributed by atoms with Gasteiger partial charge in [-0.2, -0.15) is 13.2 Å². The van der Waals surface area contributed by atoms with Gasteiger partial charge in [-0.05, 0) is 24.1 Å². The number of carbonyl (C=O) groups excluding carboxylic acids is 1. The van der Waals surface area contributed by atoms with E-state index in [1.54, 1.807) is 4.90 Å². The van der Waals surface area contributed by atoms with Crippen LogP contribution in [0, 0.1) is 0 Å². The van der Waals surface area contributed by atoms with E-state index < -0.39 is 28.7 Å². The van der Waals surface area contributed by atoms with Crippen LogP contribution in [0.15, 0.2) is 33.9 Å². The molecule has 4 rings (SSSR count). The second-order valence-electron chi connectivity index (χ2n) is 6.87. The Kier molecular flexibility index (Phi) is 4.41. The van der Waals surface area contributed by atoms with Crippen LogP contribution in [0.3, 0.4) is 0 Å². The molecule has 1 aliphatic heterocycles. The molecule has 1 aromatic carbocycles. The van der Waals surface area contributed by atoms with Crippen LogP contribution < -0.4 is 11.2 Å². The van der Waals surface area contributed by atoms with E-state index in [1.165, 1.54) is 42.0 Å². The molecule has 0 unspecified atom stereocenters. The standard InChI is InChI=1S/C19H16F3N3O3S/c1-10(26)24-8-7-11-14(9-24)29-17-15(11)16(27)25(18(28)23(17)2)13-6-4-3-5-12(13)19(20,21)22/h3-6H,7-9H2,1-2H3. The Bertz CT molecular complexity index is 1270. The molecule has 6 nitrogen and oxygen atoms in total. The molecule has 0 atom stereocenters. The van der Waals surface area contributed by atoms with E-state index in [0.717, 1.165) is 17.0 Å². The number of thiophene rings is 1. The molecule has 0 aliphatic carbocycles. The average Bonchev–Trinajstić information content (AvgIpc) is 3.05. The SMILES string of the molecule is CC(=O)N1CCc2c(sc3c2c(=O)n(-c2ccccc2C(F)(F)F)c(=O)n3C)C1. The molecule has 2 aromatic heterocycles. The molecule has 3 aromatic rings. The molecule has 1 aliphatic rings. The first-order valence-electron chi connectivity index (χ1n) is 8.79. The number of hydrogen-bond donors (Lipinski definition) is 0. The molecule has 0 saturated heterocycles. The molecular weight excluding hydrogens is 407 g/mol. The van der Waals surface area contributed by atoms with Crippen LogP contribution in [0.2, 0.25) is 0 Å². The molecule has 0 radical (unpaired) electrons. The average molecular weight is 423 g/mol. The van der Waals surface area contributed by atoms with Crippen LogP contribution >= 0.6 is 11.3 Å². The third-order valence-electron chi connectivity index (χ3n) is 5.13. The minimum absolute atomic E-state index is 0.0986. The van der Waals surface area contributed by atoms with Gasteiger partial charge in [0.25, 0.3) is 5.56 Å². The maximum absolute atomic E-state index is 13.5. The topological polar surface area (TPSA) is 64.3 Å². The molecule has 0 fully saturated rings. The number of alkyl halides is 3. The van der Waals surface area contributed by atoms with E-state index in [-0.39, 0.29) is 11.3 Å². The fourth-order valence-electron chi connectivity index (χ4n) is 3.67. The van der Waals surface area contributed by atoms with Gasteiger partial charge in [0.15, 0.2) is 0 Å². The summed E-state index contributed by atoms with van der Waals surface area (Å²) in [5, 5.41) is 0.243. The molecule has 0 spiro atoms. The van der Waals surface area contributed by atoms with E-state index in [0.29, 0.717) is 34.5 Å². The molecule has 0 N–H and O–H groups in total. The van der Waals surface area contributed by atoms with Crippen molar-refractivity contribution in [3.8, 4) is 5.69 Å². The van der Waals surface area contributed by atoms with Crippen LogP contribution in [-0.2, 0) is 31.0 Å². The summed E-state index contributed by atoms with van der Waals surface area (Å²) in [5.74, 6) is -0.0986. The van der Waals surface area contributed by atoms with Crippen LogP contribution in [0.1, 0.15) is 22.9 Å². The quantitative estimate of drug-likeness (QED) is 0.605. The number of halogens is 3. The van der Waals surface area contributed by atoms with Gasteiger partial charge in [0.2, 0.25) is 5.91 Å². The first-order valence-corrected chi connectivity index (χ1v) is 9.61. The second kappa shape index (κ2) is 6.58. The first kappa shape index (κ1) is 19.4. The summed E-state index contributed by atoms with van der Waals surface area (Å²) in [6.07, 6.45) is -4.31. The van der Waals surface area contributed by atoms with E-state index in [2.05, 4.69) is 0 Å². The lowest BCUT2D eigenvalue weighted by Crippen LogP contribution is -2.39. The fourth-order valence-corrected chi connectivity index (χ4v) is 4.98. The largest absolute Gasteiger partial charge is 0.418 e. The number of hydrogen-bond acceptors (Lipinski definition) is 4. The summed E-state index contributed by atoms with van der Waals surface area (Å²) < 4.78 is 42.2. The number of amides is 1. The highest BCUT2D eigenvalue weighted by molar-refractivity contribution is 7.18. The fraction of sp³-hybridized carbons (Fsp3) is 0.316. The highest BCUT2D eigenvalue weighted by Gasteiger charge is 2.35. The molecule has 1 amide bonds. The Balaban J connectivity index is 2.04. The number of fused-ring (bicyclic) bond motifs is 3. The number of rotatable bonds is 1. The van der Waals surface area contributed by atoms with Crippen molar-refractivity contribution in [2.45, 2.75) is 26.1 Å². The third kappa shape index (κ3) is 2.98. The van der Waals surface area contributed by atoms with Crippen molar-refractivity contribution in [2.24, 2.45) is 7.05 Å². The number of para-hydroxylation sites is 1. The molecule has 29 heavy (non-hydrogen) atoms. The lowest BCUT2D eigenvalue weighted by atomic mass is 10.1. The normalized spacial score (nSPS) is 14.3.